The van der Waals surface area contributed by atoms with E-state index in [1.54, 1.807) is 4.90 Å². The summed E-state index contributed by atoms with van der Waals surface area (Å²) in [5, 5.41) is 5.81. The Labute approximate surface area is 189 Å². The molecule has 1 aromatic rings. The van der Waals surface area contributed by atoms with E-state index in [1.807, 2.05) is 12.1 Å². The van der Waals surface area contributed by atoms with E-state index in [9.17, 15) is 14.4 Å². The number of nitrogens with zero attached hydrogens (tertiary/aromatic N) is 3. The molecule has 1 unspecified atom stereocenters. The monoisotopic (exact) mass is 439 g/mol. The van der Waals surface area contributed by atoms with Crippen LogP contribution in [0.4, 0.5) is 0 Å². The van der Waals surface area contributed by atoms with Crippen molar-refractivity contribution < 1.29 is 14.4 Å². The molecule has 0 bridgehead atoms. The van der Waals surface area contributed by atoms with Gasteiger partial charge in [-0.1, -0.05) is 12.1 Å². The molecule has 0 spiro atoms. The number of amides is 3. The third-order valence-electron chi connectivity index (χ3n) is 7.43. The maximum atomic E-state index is 12.9. The zero-order valence-electron chi connectivity index (χ0n) is 18.6. The number of hydrogen-bond donors (Lipinski definition) is 2. The lowest BCUT2D eigenvalue weighted by Gasteiger charge is -2.37. The quantitative estimate of drug-likeness (QED) is 0.653. The molecule has 0 saturated carbocycles. The summed E-state index contributed by atoms with van der Waals surface area (Å²) in [5.41, 5.74) is 2.89. The lowest BCUT2D eigenvalue weighted by molar-refractivity contribution is -0.136. The standard InChI is InChI=1S/C24H33N5O3/c30-22-4-3-21(23(31)26-22)29-16-19-13-18(1-2-20(19)24(29)32)15-28-11-9-27(10-12-28)14-17-5-7-25-8-6-17/h1-2,13,17,21,25H,3-12,14-16H2,(H,26,30,31). The summed E-state index contributed by atoms with van der Waals surface area (Å²) < 4.78 is 0. The summed E-state index contributed by atoms with van der Waals surface area (Å²) in [4.78, 5) is 43.3. The van der Waals surface area contributed by atoms with Crippen LogP contribution in [-0.2, 0) is 22.7 Å². The Morgan fingerprint density at radius 1 is 0.938 bits per heavy atom. The fourth-order valence-corrected chi connectivity index (χ4v) is 5.54. The number of benzene rings is 1. The van der Waals surface area contributed by atoms with Gasteiger partial charge in [-0.25, -0.2) is 0 Å². The number of nitrogens with one attached hydrogen (secondary N) is 2. The van der Waals surface area contributed by atoms with Crippen LogP contribution in [0.5, 0.6) is 0 Å². The smallest absolute Gasteiger partial charge is 0.255 e. The number of carbonyl (C=O) groups is 3. The van der Waals surface area contributed by atoms with Gasteiger partial charge in [-0.15, -0.1) is 0 Å². The van der Waals surface area contributed by atoms with Gasteiger partial charge < -0.3 is 15.1 Å². The molecular formula is C24H33N5O3. The highest BCUT2D eigenvalue weighted by Gasteiger charge is 2.39. The minimum Gasteiger partial charge on any atom is -0.322 e. The predicted octanol–water partition coefficient (Wildman–Crippen LogP) is 0.565. The largest absolute Gasteiger partial charge is 0.322 e. The van der Waals surface area contributed by atoms with Gasteiger partial charge in [0.25, 0.3) is 5.91 Å². The second kappa shape index (κ2) is 9.29. The molecule has 5 rings (SSSR count). The van der Waals surface area contributed by atoms with Crippen molar-refractivity contribution in [3.05, 3.63) is 34.9 Å². The van der Waals surface area contributed by atoms with Gasteiger partial charge in [0.05, 0.1) is 0 Å². The highest BCUT2D eigenvalue weighted by atomic mass is 16.2. The number of hydrogen-bond acceptors (Lipinski definition) is 6. The van der Waals surface area contributed by atoms with E-state index in [0.717, 1.165) is 57.3 Å². The van der Waals surface area contributed by atoms with Gasteiger partial charge in [-0.3, -0.25) is 24.6 Å². The Kier molecular flexibility index (Phi) is 6.26. The topological polar surface area (TPSA) is 85.0 Å². The van der Waals surface area contributed by atoms with Crippen LogP contribution in [0.2, 0.25) is 0 Å². The SMILES string of the molecule is O=C1CCC(N2Cc3cc(CN4CCN(CC5CCNCC5)CC4)ccc3C2=O)C(=O)N1. The average Bonchev–Trinajstić information content (AvgIpc) is 3.11. The lowest BCUT2D eigenvalue weighted by atomic mass is 9.97. The molecule has 4 heterocycles. The molecule has 8 heteroatoms. The van der Waals surface area contributed by atoms with E-state index in [4.69, 9.17) is 0 Å². The first-order valence-electron chi connectivity index (χ1n) is 12.0. The Hall–Kier alpha value is -2.29. The lowest BCUT2D eigenvalue weighted by Crippen LogP contribution is -2.52. The first-order valence-corrected chi connectivity index (χ1v) is 12.0. The molecule has 2 N–H and O–H groups in total. The number of rotatable bonds is 5. The normalized spacial score (nSPS) is 25.8. The third kappa shape index (κ3) is 4.58. The van der Waals surface area contributed by atoms with Gasteiger partial charge in [0.1, 0.15) is 6.04 Å². The Morgan fingerprint density at radius 2 is 1.69 bits per heavy atom. The van der Waals surface area contributed by atoms with Crippen molar-refractivity contribution >= 4 is 17.7 Å². The van der Waals surface area contributed by atoms with Gasteiger partial charge in [0, 0.05) is 57.8 Å². The number of carbonyl (C=O) groups excluding carboxylic acids is 3. The van der Waals surface area contributed by atoms with Gasteiger partial charge in [-0.2, -0.15) is 0 Å². The van der Waals surface area contributed by atoms with Crippen molar-refractivity contribution in [3.63, 3.8) is 0 Å². The van der Waals surface area contributed by atoms with Crippen molar-refractivity contribution in [2.24, 2.45) is 5.92 Å². The Balaban J connectivity index is 1.15. The molecule has 32 heavy (non-hydrogen) atoms. The highest BCUT2D eigenvalue weighted by Crippen LogP contribution is 2.28. The van der Waals surface area contributed by atoms with Crippen molar-refractivity contribution in [3.8, 4) is 0 Å². The van der Waals surface area contributed by atoms with Crippen molar-refractivity contribution in [1.82, 2.24) is 25.3 Å². The molecule has 0 radical (unpaired) electrons. The van der Waals surface area contributed by atoms with E-state index in [2.05, 4.69) is 26.5 Å². The van der Waals surface area contributed by atoms with Crippen LogP contribution in [0.1, 0.15) is 47.2 Å². The predicted molar refractivity (Wildman–Crippen MR) is 120 cm³/mol. The Bertz CT molecular complexity index is 890. The van der Waals surface area contributed by atoms with Gasteiger partial charge in [-0.05, 0) is 55.5 Å². The molecule has 0 aliphatic carbocycles. The summed E-state index contributed by atoms with van der Waals surface area (Å²) in [6, 6.07) is 5.53. The minimum absolute atomic E-state index is 0.104. The van der Waals surface area contributed by atoms with E-state index in [1.165, 1.54) is 24.9 Å². The van der Waals surface area contributed by atoms with E-state index in [0.29, 0.717) is 18.5 Å². The molecule has 172 valence electrons. The van der Waals surface area contributed by atoms with Crippen LogP contribution in [0, 0.1) is 5.92 Å². The summed E-state index contributed by atoms with van der Waals surface area (Å²) in [5.74, 6) is 0.121. The minimum atomic E-state index is -0.552. The van der Waals surface area contributed by atoms with E-state index < -0.39 is 6.04 Å². The van der Waals surface area contributed by atoms with Gasteiger partial charge in [0.15, 0.2) is 0 Å². The van der Waals surface area contributed by atoms with Crippen molar-refractivity contribution in [1.29, 1.82) is 0 Å². The first-order chi connectivity index (χ1) is 15.6. The molecular weight excluding hydrogens is 406 g/mol. The highest BCUT2D eigenvalue weighted by molar-refractivity contribution is 6.05. The van der Waals surface area contributed by atoms with E-state index in [-0.39, 0.29) is 24.1 Å². The van der Waals surface area contributed by atoms with Gasteiger partial charge >= 0.3 is 0 Å². The molecule has 3 saturated heterocycles. The van der Waals surface area contributed by atoms with Gasteiger partial charge in [0.2, 0.25) is 11.8 Å². The number of piperidine rings is 2. The van der Waals surface area contributed by atoms with E-state index >= 15 is 0 Å². The molecule has 1 aromatic carbocycles. The summed E-state index contributed by atoms with van der Waals surface area (Å²) in [7, 11) is 0. The molecule has 0 aromatic heterocycles. The second-order valence-electron chi connectivity index (χ2n) is 9.66. The van der Waals surface area contributed by atoms with Crippen LogP contribution >= 0.6 is 0 Å². The molecule has 8 nitrogen and oxygen atoms in total. The van der Waals surface area contributed by atoms with Crippen LogP contribution in [0.3, 0.4) is 0 Å². The van der Waals surface area contributed by atoms with Crippen molar-refractivity contribution in [2.75, 3.05) is 45.8 Å². The van der Waals surface area contributed by atoms with Crippen LogP contribution in [0.15, 0.2) is 18.2 Å². The third-order valence-corrected chi connectivity index (χ3v) is 7.43. The maximum Gasteiger partial charge on any atom is 0.255 e. The van der Waals surface area contributed by atoms with Crippen molar-refractivity contribution in [2.45, 2.75) is 44.8 Å². The number of piperazine rings is 1. The maximum absolute atomic E-state index is 12.9. The zero-order chi connectivity index (χ0) is 22.1. The average molecular weight is 440 g/mol. The molecule has 4 aliphatic heterocycles. The second-order valence-corrected chi connectivity index (χ2v) is 9.66. The van der Waals surface area contributed by atoms with Crippen LogP contribution < -0.4 is 10.6 Å². The van der Waals surface area contributed by atoms with Crippen LogP contribution in [0.25, 0.3) is 0 Å². The summed E-state index contributed by atoms with van der Waals surface area (Å²) >= 11 is 0. The molecule has 1 atom stereocenters. The first kappa shape index (κ1) is 21.6. The molecule has 4 aliphatic rings. The summed E-state index contributed by atoms with van der Waals surface area (Å²) in [6.07, 6.45) is 3.28. The molecule has 3 amide bonds. The Morgan fingerprint density at radius 3 is 2.44 bits per heavy atom. The summed E-state index contributed by atoms with van der Waals surface area (Å²) in [6.45, 7) is 9.27. The number of imide groups is 1. The number of fused-ring (bicyclic) bond motifs is 1. The molecule has 3 fully saturated rings. The zero-order valence-corrected chi connectivity index (χ0v) is 18.6. The fraction of sp³-hybridized carbons (Fsp3) is 0.625. The fourth-order valence-electron chi connectivity index (χ4n) is 5.54. The van der Waals surface area contributed by atoms with Crippen LogP contribution in [-0.4, -0.2) is 84.3 Å².